The Morgan fingerprint density at radius 2 is 1.07 bits per heavy atom. The summed E-state index contributed by atoms with van der Waals surface area (Å²) in [4.78, 5) is 22.3. The zero-order chi connectivity index (χ0) is 22.1. The second kappa shape index (κ2) is 17.8. The number of hydrogen-bond donors (Lipinski definition) is 2. The maximum atomic E-state index is 11.3. The summed E-state index contributed by atoms with van der Waals surface area (Å²) in [5.41, 5.74) is 0. The van der Waals surface area contributed by atoms with Gasteiger partial charge in [-0.1, -0.05) is 79.1 Å². The Hall–Kier alpha value is -1.06. The normalized spacial score (nSPS) is 15.6. The molecule has 4 heteroatoms. The maximum absolute atomic E-state index is 11.3. The number of carboxylic acid groups (broad SMARTS) is 2. The van der Waals surface area contributed by atoms with Gasteiger partial charge in [0.15, 0.2) is 0 Å². The fourth-order valence-corrected chi connectivity index (χ4v) is 4.74. The van der Waals surface area contributed by atoms with E-state index >= 15 is 0 Å². The first kappa shape index (κ1) is 27.9. The van der Waals surface area contributed by atoms with Gasteiger partial charge < -0.3 is 10.2 Å². The van der Waals surface area contributed by atoms with Gasteiger partial charge in [-0.2, -0.15) is 0 Å². The lowest BCUT2D eigenvalue weighted by Crippen LogP contribution is -2.23. The predicted octanol–water partition coefficient (Wildman–Crippen LogP) is 7.55. The summed E-state index contributed by atoms with van der Waals surface area (Å²) in [7, 11) is 0. The van der Waals surface area contributed by atoms with Crippen LogP contribution in [0, 0.1) is 23.7 Å². The molecule has 0 aliphatic rings. The highest BCUT2D eigenvalue weighted by Gasteiger charge is 2.27. The summed E-state index contributed by atoms with van der Waals surface area (Å²) in [5, 5.41) is 18.4. The van der Waals surface area contributed by atoms with Crippen molar-refractivity contribution in [3.8, 4) is 0 Å². The van der Waals surface area contributed by atoms with Gasteiger partial charge in [-0.15, -0.1) is 0 Å². The standard InChI is InChI=1S/C25H48O4/c1-5-9-12-20(7-3)18-22(14-11-15-24(26)27)23(16-17-25(28)29)19-21(8-4)13-10-6-2/h20-23H,5-19H2,1-4H3,(H,26,27)(H,28,29). The van der Waals surface area contributed by atoms with Crippen LogP contribution in [0.25, 0.3) is 0 Å². The van der Waals surface area contributed by atoms with Crippen LogP contribution in [0.15, 0.2) is 0 Å². The van der Waals surface area contributed by atoms with E-state index in [1.165, 1.54) is 38.5 Å². The molecular formula is C25H48O4. The van der Waals surface area contributed by atoms with Crippen LogP contribution in [0.5, 0.6) is 0 Å². The Kier molecular flexibility index (Phi) is 17.1. The first-order valence-corrected chi connectivity index (χ1v) is 12.3. The first-order valence-electron chi connectivity index (χ1n) is 12.3. The van der Waals surface area contributed by atoms with Gasteiger partial charge >= 0.3 is 11.9 Å². The van der Waals surface area contributed by atoms with Gasteiger partial charge in [0, 0.05) is 12.8 Å². The molecule has 0 radical (unpaired) electrons. The Labute approximate surface area is 179 Å². The van der Waals surface area contributed by atoms with Crippen LogP contribution in [0.4, 0.5) is 0 Å². The third-order valence-electron chi connectivity index (χ3n) is 6.72. The minimum atomic E-state index is -0.724. The molecule has 0 fully saturated rings. The van der Waals surface area contributed by atoms with Crippen LogP contribution in [0.3, 0.4) is 0 Å². The molecule has 4 unspecified atom stereocenters. The smallest absolute Gasteiger partial charge is 0.303 e. The molecule has 0 bridgehead atoms. The maximum Gasteiger partial charge on any atom is 0.303 e. The summed E-state index contributed by atoms with van der Waals surface area (Å²) >= 11 is 0. The third kappa shape index (κ3) is 14.5. The van der Waals surface area contributed by atoms with Gasteiger partial charge in [-0.3, -0.25) is 9.59 Å². The van der Waals surface area contributed by atoms with E-state index in [1.54, 1.807) is 0 Å². The van der Waals surface area contributed by atoms with Crippen molar-refractivity contribution in [2.45, 2.75) is 124 Å². The Morgan fingerprint density at radius 1 is 0.621 bits per heavy atom. The van der Waals surface area contributed by atoms with Crippen molar-refractivity contribution < 1.29 is 19.8 Å². The molecule has 0 amide bonds. The van der Waals surface area contributed by atoms with Crippen molar-refractivity contribution in [2.24, 2.45) is 23.7 Å². The molecule has 29 heavy (non-hydrogen) atoms. The van der Waals surface area contributed by atoms with Crippen molar-refractivity contribution in [3.05, 3.63) is 0 Å². The Morgan fingerprint density at radius 3 is 1.45 bits per heavy atom. The third-order valence-corrected chi connectivity index (χ3v) is 6.72. The second-order valence-corrected chi connectivity index (χ2v) is 9.04. The quantitative estimate of drug-likeness (QED) is 0.216. The van der Waals surface area contributed by atoms with Crippen LogP contribution in [-0.2, 0) is 9.59 Å². The Bertz CT molecular complexity index is 421. The molecular weight excluding hydrogens is 364 g/mol. The van der Waals surface area contributed by atoms with E-state index < -0.39 is 11.9 Å². The highest BCUT2D eigenvalue weighted by Crippen LogP contribution is 2.37. The fourth-order valence-electron chi connectivity index (χ4n) is 4.74. The molecule has 4 atom stereocenters. The molecule has 0 saturated heterocycles. The molecule has 0 aliphatic carbocycles. The molecule has 0 saturated carbocycles. The number of unbranched alkanes of at least 4 members (excludes halogenated alkanes) is 2. The fraction of sp³-hybridized carbons (Fsp3) is 0.920. The molecule has 2 N–H and O–H groups in total. The minimum absolute atomic E-state index is 0.223. The van der Waals surface area contributed by atoms with E-state index in [1.807, 2.05) is 0 Å². The van der Waals surface area contributed by atoms with Crippen molar-refractivity contribution in [1.82, 2.24) is 0 Å². The molecule has 0 rings (SSSR count). The highest BCUT2D eigenvalue weighted by molar-refractivity contribution is 5.66. The lowest BCUT2D eigenvalue weighted by molar-refractivity contribution is -0.138. The number of aliphatic carboxylic acids is 2. The Balaban J connectivity index is 5.32. The van der Waals surface area contributed by atoms with Gasteiger partial charge in [0.05, 0.1) is 0 Å². The second-order valence-electron chi connectivity index (χ2n) is 9.04. The molecule has 0 aromatic carbocycles. The zero-order valence-electron chi connectivity index (χ0n) is 19.6. The van der Waals surface area contributed by atoms with Gasteiger partial charge in [0.2, 0.25) is 0 Å². The van der Waals surface area contributed by atoms with Crippen molar-refractivity contribution in [1.29, 1.82) is 0 Å². The van der Waals surface area contributed by atoms with Crippen LogP contribution in [0.1, 0.15) is 124 Å². The topological polar surface area (TPSA) is 74.6 Å². The van der Waals surface area contributed by atoms with E-state index in [2.05, 4.69) is 27.7 Å². The average molecular weight is 413 g/mol. The van der Waals surface area contributed by atoms with E-state index in [4.69, 9.17) is 5.11 Å². The summed E-state index contributed by atoms with van der Waals surface area (Å²) in [5.74, 6) is 0.750. The number of carbonyl (C=O) groups is 2. The monoisotopic (exact) mass is 412 g/mol. The van der Waals surface area contributed by atoms with E-state index in [-0.39, 0.29) is 12.8 Å². The number of hydrogen-bond acceptors (Lipinski definition) is 2. The van der Waals surface area contributed by atoms with Gasteiger partial charge in [0.1, 0.15) is 0 Å². The van der Waals surface area contributed by atoms with E-state index in [0.717, 1.165) is 38.5 Å². The molecule has 0 aromatic heterocycles. The molecule has 0 aliphatic heterocycles. The summed E-state index contributed by atoms with van der Waals surface area (Å²) in [6.45, 7) is 8.97. The van der Waals surface area contributed by atoms with Crippen LogP contribution in [-0.4, -0.2) is 22.2 Å². The summed E-state index contributed by atoms with van der Waals surface area (Å²) in [6, 6.07) is 0. The predicted molar refractivity (Wildman–Crippen MR) is 121 cm³/mol. The molecule has 4 nitrogen and oxygen atoms in total. The van der Waals surface area contributed by atoms with Crippen LogP contribution >= 0.6 is 0 Å². The molecule has 0 heterocycles. The van der Waals surface area contributed by atoms with E-state index in [9.17, 15) is 14.7 Å². The van der Waals surface area contributed by atoms with Crippen molar-refractivity contribution in [3.63, 3.8) is 0 Å². The lowest BCUT2D eigenvalue weighted by Gasteiger charge is -2.33. The minimum Gasteiger partial charge on any atom is -0.481 e. The van der Waals surface area contributed by atoms with Gasteiger partial charge in [-0.05, 0) is 55.8 Å². The van der Waals surface area contributed by atoms with Gasteiger partial charge in [-0.25, -0.2) is 0 Å². The van der Waals surface area contributed by atoms with Gasteiger partial charge in [0.25, 0.3) is 0 Å². The largest absolute Gasteiger partial charge is 0.481 e. The zero-order valence-corrected chi connectivity index (χ0v) is 19.6. The summed E-state index contributed by atoms with van der Waals surface area (Å²) in [6.07, 6.45) is 14.7. The number of carboxylic acids is 2. The molecule has 172 valence electrons. The van der Waals surface area contributed by atoms with Crippen molar-refractivity contribution >= 4 is 11.9 Å². The van der Waals surface area contributed by atoms with Crippen LogP contribution in [0.2, 0.25) is 0 Å². The van der Waals surface area contributed by atoms with Crippen LogP contribution < -0.4 is 0 Å². The molecule has 0 spiro atoms. The number of rotatable bonds is 20. The summed E-state index contributed by atoms with van der Waals surface area (Å²) < 4.78 is 0. The highest BCUT2D eigenvalue weighted by atomic mass is 16.4. The van der Waals surface area contributed by atoms with Crippen molar-refractivity contribution in [2.75, 3.05) is 0 Å². The van der Waals surface area contributed by atoms with E-state index in [0.29, 0.717) is 30.1 Å². The molecule has 0 aromatic rings. The lowest BCUT2D eigenvalue weighted by atomic mass is 9.73. The average Bonchev–Trinajstić information content (AvgIpc) is 2.69. The first-order chi connectivity index (χ1) is 13.9. The SMILES string of the molecule is CCCCC(CC)CC(CCCC(=O)O)C(CCC(=O)O)CC(CC)CCCC.